The predicted molar refractivity (Wildman–Crippen MR) is 128 cm³/mol. The number of thioether (sulfide) groups is 1. The molecule has 0 fully saturated rings. The van der Waals surface area contributed by atoms with Crippen LogP contribution in [0.15, 0.2) is 66.1 Å². The molecule has 2 atom stereocenters. The van der Waals surface area contributed by atoms with Gasteiger partial charge in [-0.25, -0.2) is 4.79 Å². The fourth-order valence-corrected chi connectivity index (χ4v) is 4.50. The van der Waals surface area contributed by atoms with Crippen LogP contribution in [0.4, 0.5) is 4.79 Å². The molecule has 1 heterocycles. The van der Waals surface area contributed by atoms with Gasteiger partial charge in [0.05, 0.1) is 6.04 Å². The van der Waals surface area contributed by atoms with E-state index in [4.69, 9.17) is 9.47 Å². The fourth-order valence-electron chi connectivity index (χ4n) is 3.41. The Hall–Kier alpha value is -2.93. The molecule has 0 unspecified atom stereocenters. The zero-order valence-electron chi connectivity index (χ0n) is 18.3. The molecule has 170 valence electrons. The van der Waals surface area contributed by atoms with Gasteiger partial charge in [0.25, 0.3) is 0 Å². The van der Waals surface area contributed by atoms with Crippen LogP contribution in [0.25, 0.3) is 11.1 Å². The number of fused-ring (bicyclic) bond motifs is 4. The van der Waals surface area contributed by atoms with E-state index in [1.165, 1.54) is 16.5 Å². The molecule has 3 rings (SSSR count). The second-order valence-corrected chi connectivity index (χ2v) is 8.81. The van der Waals surface area contributed by atoms with Gasteiger partial charge in [-0.15, -0.1) is 11.8 Å². The molecule has 2 aromatic rings. The van der Waals surface area contributed by atoms with E-state index in [0.29, 0.717) is 13.0 Å². The lowest BCUT2D eigenvalue weighted by Gasteiger charge is -2.22. The first-order chi connectivity index (χ1) is 15.6. The first-order valence-corrected chi connectivity index (χ1v) is 11.8. The number of nitrogens with one attached hydrogen (secondary N) is 2. The van der Waals surface area contributed by atoms with Crippen LogP contribution in [0, 0.1) is 0 Å². The summed E-state index contributed by atoms with van der Waals surface area (Å²) in [5.41, 5.74) is 2.29. The Bertz CT molecular complexity index is 934. The maximum absolute atomic E-state index is 12.8. The maximum atomic E-state index is 12.8. The second-order valence-electron chi connectivity index (χ2n) is 7.67. The smallest absolute Gasteiger partial charge is 0.408 e. The van der Waals surface area contributed by atoms with E-state index in [1.54, 1.807) is 11.8 Å². The number of hydrogen-bond donors (Lipinski definition) is 2. The van der Waals surface area contributed by atoms with Crippen molar-refractivity contribution in [3.63, 3.8) is 0 Å². The molecule has 2 aromatic carbocycles. The number of rotatable bonds is 3. The highest BCUT2D eigenvalue weighted by Gasteiger charge is 2.23. The van der Waals surface area contributed by atoms with Gasteiger partial charge < -0.3 is 20.1 Å². The minimum atomic E-state index is -0.664. The van der Waals surface area contributed by atoms with Crippen molar-refractivity contribution in [2.45, 2.75) is 43.2 Å². The highest BCUT2D eigenvalue weighted by molar-refractivity contribution is 7.99. The molecule has 0 aromatic heterocycles. The molecule has 2 amide bonds. The van der Waals surface area contributed by atoms with Crippen molar-refractivity contribution in [1.82, 2.24) is 10.6 Å². The van der Waals surface area contributed by atoms with E-state index in [1.807, 2.05) is 37.3 Å². The van der Waals surface area contributed by atoms with Gasteiger partial charge in [0.1, 0.15) is 25.0 Å². The molecular weight excluding hydrogens is 424 g/mol. The summed E-state index contributed by atoms with van der Waals surface area (Å²) in [5.74, 6) is 1.42. The van der Waals surface area contributed by atoms with Crippen molar-refractivity contribution in [1.29, 1.82) is 0 Å². The standard InChI is InChI=1S/C25H30N2O4S/c1-3-14-30-25(29)27-22-12-6-7-15-32-23-13-5-4-11-21(23)19-9-8-10-20(16-19)31-17-18(2)26-24(22)28/h3-5,8-11,13,16,18,22H,1,6-7,12,14-15,17H2,2H3,(H,26,28)(H,27,29)/t18-,22+/m1/s1. The van der Waals surface area contributed by atoms with E-state index in [0.717, 1.165) is 29.9 Å². The molecule has 6 nitrogen and oxygen atoms in total. The van der Waals surface area contributed by atoms with Crippen LogP contribution in [0.3, 0.4) is 0 Å². The average Bonchev–Trinajstić information content (AvgIpc) is 2.80. The van der Waals surface area contributed by atoms with Crippen molar-refractivity contribution in [2.75, 3.05) is 19.0 Å². The predicted octanol–water partition coefficient (Wildman–Crippen LogP) is 4.79. The molecule has 0 radical (unpaired) electrons. The minimum absolute atomic E-state index is 0.0968. The highest BCUT2D eigenvalue weighted by Crippen LogP contribution is 2.33. The van der Waals surface area contributed by atoms with Crippen LogP contribution >= 0.6 is 11.8 Å². The van der Waals surface area contributed by atoms with Gasteiger partial charge in [0.15, 0.2) is 0 Å². The van der Waals surface area contributed by atoms with Gasteiger partial charge in [0, 0.05) is 4.90 Å². The maximum Gasteiger partial charge on any atom is 0.408 e. The molecule has 0 spiro atoms. The Kier molecular flexibility index (Phi) is 9.04. The molecule has 32 heavy (non-hydrogen) atoms. The average molecular weight is 455 g/mol. The number of ether oxygens (including phenoxy) is 2. The Balaban J connectivity index is 1.76. The molecule has 0 saturated heterocycles. The minimum Gasteiger partial charge on any atom is -0.491 e. The zero-order chi connectivity index (χ0) is 22.8. The monoisotopic (exact) mass is 454 g/mol. The lowest BCUT2D eigenvalue weighted by atomic mass is 10.1. The number of amides is 2. The quantitative estimate of drug-likeness (QED) is 0.652. The van der Waals surface area contributed by atoms with Crippen molar-refractivity contribution in [3.8, 4) is 16.9 Å². The van der Waals surface area contributed by atoms with E-state index >= 15 is 0 Å². The number of benzene rings is 2. The van der Waals surface area contributed by atoms with Crippen molar-refractivity contribution >= 4 is 23.8 Å². The molecule has 0 saturated carbocycles. The fraction of sp³-hybridized carbons (Fsp3) is 0.360. The third kappa shape index (κ3) is 7.05. The lowest BCUT2D eigenvalue weighted by molar-refractivity contribution is -0.124. The van der Waals surface area contributed by atoms with Crippen molar-refractivity contribution < 1.29 is 19.1 Å². The molecule has 2 N–H and O–H groups in total. The summed E-state index contributed by atoms with van der Waals surface area (Å²) in [5, 5.41) is 5.62. The van der Waals surface area contributed by atoms with Crippen LogP contribution in [-0.2, 0) is 9.53 Å². The summed E-state index contributed by atoms with van der Waals surface area (Å²) in [6.45, 7) is 5.82. The van der Waals surface area contributed by atoms with Gasteiger partial charge in [-0.2, -0.15) is 0 Å². The summed E-state index contributed by atoms with van der Waals surface area (Å²) in [7, 11) is 0. The van der Waals surface area contributed by atoms with Crippen LogP contribution in [0.5, 0.6) is 5.75 Å². The summed E-state index contributed by atoms with van der Waals surface area (Å²) in [4.78, 5) is 26.0. The number of carbonyl (C=O) groups is 2. The third-order valence-corrected chi connectivity index (χ3v) is 6.17. The van der Waals surface area contributed by atoms with Crippen LogP contribution in [0.1, 0.15) is 26.2 Å². The van der Waals surface area contributed by atoms with Gasteiger partial charge in [-0.3, -0.25) is 4.79 Å². The highest BCUT2D eigenvalue weighted by atomic mass is 32.2. The zero-order valence-corrected chi connectivity index (χ0v) is 19.2. The van der Waals surface area contributed by atoms with Crippen molar-refractivity contribution in [3.05, 3.63) is 61.2 Å². The SMILES string of the molecule is C=CCOC(=O)N[C@H]1CCCCSc2ccccc2-c2cccc(c2)OC[C@@H](C)NC1=O. The lowest BCUT2D eigenvalue weighted by Crippen LogP contribution is -2.50. The first kappa shape index (κ1) is 23.7. The summed E-state index contributed by atoms with van der Waals surface area (Å²) in [6, 6.07) is 15.5. The number of alkyl carbamates (subject to hydrolysis) is 1. The summed E-state index contributed by atoms with van der Waals surface area (Å²) < 4.78 is 10.9. The normalized spacial score (nSPS) is 19.6. The van der Waals surface area contributed by atoms with Gasteiger partial charge in [0.2, 0.25) is 5.91 Å². The summed E-state index contributed by atoms with van der Waals surface area (Å²) >= 11 is 1.80. The second kappa shape index (κ2) is 12.2. The van der Waals surface area contributed by atoms with Crippen LogP contribution in [-0.4, -0.2) is 43.1 Å². The Morgan fingerprint density at radius 3 is 2.97 bits per heavy atom. The third-order valence-electron chi connectivity index (χ3n) is 5.01. The molecule has 0 aliphatic carbocycles. The number of hydrogen-bond acceptors (Lipinski definition) is 5. The molecular formula is C25H30N2O4S. The molecule has 2 bridgehead atoms. The van der Waals surface area contributed by atoms with Gasteiger partial charge in [-0.05, 0) is 54.8 Å². The van der Waals surface area contributed by atoms with Crippen molar-refractivity contribution in [2.24, 2.45) is 0 Å². The largest absolute Gasteiger partial charge is 0.491 e. The van der Waals surface area contributed by atoms with Crippen LogP contribution in [0.2, 0.25) is 0 Å². The molecule has 1 aliphatic heterocycles. The van der Waals surface area contributed by atoms with E-state index < -0.39 is 12.1 Å². The first-order valence-electron chi connectivity index (χ1n) is 10.9. The van der Waals surface area contributed by atoms with Gasteiger partial charge in [-0.1, -0.05) is 49.4 Å². The topological polar surface area (TPSA) is 76.7 Å². The Labute approximate surface area is 193 Å². The molecule has 7 heteroatoms. The summed E-state index contributed by atoms with van der Waals surface area (Å²) in [6.07, 6.45) is 3.12. The Morgan fingerprint density at radius 2 is 2.12 bits per heavy atom. The molecule has 1 aliphatic rings. The number of carbonyl (C=O) groups excluding carboxylic acids is 2. The van der Waals surface area contributed by atoms with Gasteiger partial charge >= 0.3 is 6.09 Å². The van der Waals surface area contributed by atoms with E-state index in [-0.39, 0.29) is 18.6 Å². The van der Waals surface area contributed by atoms with Crippen LogP contribution < -0.4 is 15.4 Å². The Morgan fingerprint density at radius 1 is 1.28 bits per heavy atom. The van der Waals surface area contributed by atoms with E-state index in [9.17, 15) is 9.59 Å². The van der Waals surface area contributed by atoms with E-state index in [2.05, 4.69) is 35.4 Å².